The molecular weight excluding hydrogens is 599 g/mol. The molecule has 16 nitrogen and oxygen atoms in total. The quantitative estimate of drug-likeness (QED) is 0.103. The number of nitrogens with one attached hydrogen (secondary N) is 1. The summed E-state index contributed by atoms with van der Waals surface area (Å²) in [5.74, 6) is -7.29. The van der Waals surface area contributed by atoms with Gasteiger partial charge in [0, 0.05) is 46.0 Å². The van der Waals surface area contributed by atoms with Crippen LogP contribution in [0.4, 0.5) is 4.79 Å². The van der Waals surface area contributed by atoms with Gasteiger partial charge >= 0.3 is 47.8 Å². The number of aliphatic imine (C=N–C) groups is 1. The molecule has 1 amide bonds. The summed E-state index contributed by atoms with van der Waals surface area (Å²) < 4.78 is 42.4. The van der Waals surface area contributed by atoms with E-state index in [0.717, 1.165) is 34.8 Å². The number of methoxy groups -OCH3 is 1. The Morgan fingerprint density at radius 3 is 2.15 bits per heavy atom. The van der Waals surface area contributed by atoms with Crippen LogP contribution >= 0.6 is 23.2 Å². The Labute approximate surface area is 245 Å². The summed E-state index contributed by atoms with van der Waals surface area (Å²) in [6, 6.07) is 0. The fourth-order valence-electron chi connectivity index (χ4n) is 3.50. The van der Waals surface area contributed by atoms with Crippen LogP contribution in [0.15, 0.2) is 4.99 Å². The van der Waals surface area contributed by atoms with E-state index < -0.39 is 85.3 Å². The molecule has 0 aromatic rings. The molecule has 1 aliphatic rings. The normalized spacial score (nSPS) is 22.8. The Hall–Kier alpha value is -3.37. The van der Waals surface area contributed by atoms with Crippen molar-refractivity contribution in [2.75, 3.05) is 38.6 Å². The first kappa shape index (κ1) is 35.7. The van der Waals surface area contributed by atoms with E-state index in [1.807, 2.05) is 0 Å². The first-order valence-electron chi connectivity index (χ1n) is 12.0. The van der Waals surface area contributed by atoms with Crippen molar-refractivity contribution in [3.8, 4) is 0 Å². The maximum Gasteiger partial charge on any atom is 0.416 e. The number of hydrogen-bond donors (Lipinski definition) is 1. The number of nitrogens with zero attached hydrogens (tertiary/aromatic N) is 1. The molecule has 1 saturated heterocycles. The number of carbonyl (C=O) groups is 6. The zero-order chi connectivity index (χ0) is 31.2. The lowest BCUT2D eigenvalue weighted by atomic mass is 9.91. The van der Waals surface area contributed by atoms with Gasteiger partial charge in [0.05, 0.1) is 20.1 Å². The van der Waals surface area contributed by atoms with E-state index in [4.69, 9.17) is 61.1 Å². The predicted molar refractivity (Wildman–Crippen MR) is 137 cm³/mol. The van der Waals surface area contributed by atoms with Gasteiger partial charge in [-0.1, -0.05) is 0 Å². The van der Waals surface area contributed by atoms with Crippen molar-refractivity contribution in [2.24, 2.45) is 4.99 Å². The number of alkyl carbamates (subject to hydrolysis) is 1. The van der Waals surface area contributed by atoms with Crippen LogP contribution in [0.1, 0.15) is 34.1 Å². The predicted octanol–water partition coefficient (Wildman–Crippen LogP) is 0.579. The van der Waals surface area contributed by atoms with E-state index >= 15 is 0 Å². The van der Waals surface area contributed by atoms with E-state index in [2.05, 4.69) is 10.3 Å². The summed E-state index contributed by atoms with van der Waals surface area (Å²) in [4.78, 5) is 76.8. The van der Waals surface area contributed by atoms with Crippen LogP contribution in [-0.2, 0) is 61.9 Å². The Bertz CT molecular complexity index is 993. The van der Waals surface area contributed by atoms with Crippen molar-refractivity contribution in [3.05, 3.63) is 0 Å². The van der Waals surface area contributed by atoms with Gasteiger partial charge in [0.25, 0.3) is 0 Å². The molecule has 0 spiro atoms. The largest absolute Gasteiger partial charge is 0.464 e. The topological polar surface area (TPSA) is 201 Å². The second-order valence-electron chi connectivity index (χ2n) is 8.15. The van der Waals surface area contributed by atoms with Gasteiger partial charge in [-0.2, -0.15) is 0 Å². The molecule has 1 heterocycles. The van der Waals surface area contributed by atoms with Crippen molar-refractivity contribution in [3.63, 3.8) is 0 Å². The number of carbonyl (C=O) groups excluding carboxylic acids is 6. The molecule has 0 aromatic heterocycles. The smallest absolute Gasteiger partial charge is 0.416 e. The molecule has 0 radical (unpaired) electrons. The SMILES string of the molecule is COC(=O)[C@@]1(OC(=NCCCl)OC(=O)NCCCl)C[C@@H](OC(C)=O)[C@@H](OC(C)=O)[C@@H]([C@@H](COC(C)=O)OC(C)=O)O1. The van der Waals surface area contributed by atoms with Gasteiger partial charge in [-0.15, -0.1) is 23.2 Å². The molecule has 5 atom stereocenters. The molecule has 41 heavy (non-hydrogen) atoms. The zero-order valence-corrected chi connectivity index (χ0v) is 24.5. The Morgan fingerprint density at radius 1 is 0.976 bits per heavy atom. The summed E-state index contributed by atoms with van der Waals surface area (Å²) in [7, 11) is 0.969. The van der Waals surface area contributed by atoms with Crippen molar-refractivity contribution in [1.82, 2.24) is 5.32 Å². The van der Waals surface area contributed by atoms with E-state index in [0.29, 0.717) is 0 Å². The Morgan fingerprint density at radius 2 is 1.63 bits per heavy atom. The summed E-state index contributed by atoms with van der Waals surface area (Å²) in [5.41, 5.74) is 0. The average molecular weight is 631 g/mol. The van der Waals surface area contributed by atoms with Crippen molar-refractivity contribution >= 4 is 65.2 Å². The lowest BCUT2D eigenvalue weighted by Crippen LogP contribution is -2.65. The van der Waals surface area contributed by atoms with Gasteiger partial charge in [0.2, 0.25) is 0 Å². The van der Waals surface area contributed by atoms with Crippen molar-refractivity contribution in [1.29, 1.82) is 0 Å². The van der Waals surface area contributed by atoms with Crippen LogP contribution in [0.5, 0.6) is 0 Å². The summed E-state index contributed by atoms with van der Waals surface area (Å²) in [6.45, 7) is 3.38. The van der Waals surface area contributed by atoms with Crippen LogP contribution in [0.3, 0.4) is 0 Å². The third-order valence-corrected chi connectivity index (χ3v) is 5.22. The van der Waals surface area contributed by atoms with Crippen LogP contribution in [-0.4, -0.2) is 111 Å². The van der Waals surface area contributed by atoms with Crippen LogP contribution in [0.25, 0.3) is 0 Å². The first-order chi connectivity index (χ1) is 19.3. The van der Waals surface area contributed by atoms with Crippen molar-refractivity contribution in [2.45, 2.75) is 64.3 Å². The zero-order valence-electron chi connectivity index (χ0n) is 23.0. The molecule has 0 aliphatic carbocycles. The van der Waals surface area contributed by atoms with Crippen LogP contribution in [0.2, 0.25) is 0 Å². The average Bonchev–Trinajstić information content (AvgIpc) is 2.88. The number of rotatable bonds is 12. The molecule has 0 saturated carbocycles. The third kappa shape index (κ3) is 11.9. The summed E-state index contributed by atoms with van der Waals surface area (Å²) in [6.07, 6.45) is -8.90. The maximum atomic E-state index is 13.2. The highest BCUT2D eigenvalue weighted by molar-refractivity contribution is 6.18. The summed E-state index contributed by atoms with van der Waals surface area (Å²) in [5, 5.41) is 2.29. The molecule has 18 heteroatoms. The Balaban J connectivity index is 3.74. The van der Waals surface area contributed by atoms with E-state index in [-0.39, 0.29) is 24.8 Å². The van der Waals surface area contributed by atoms with Gasteiger partial charge in [0.1, 0.15) is 18.8 Å². The van der Waals surface area contributed by atoms with Crippen LogP contribution < -0.4 is 5.32 Å². The number of ether oxygens (including phenoxy) is 8. The highest BCUT2D eigenvalue weighted by Gasteiger charge is 2.60. The maximum absolute atomic E-state index is 13.2. The second kappa shape index (κ2) is 17.4. The fraction of sp³-hybridized carbons (Fsp3) is 0.696. The molecule has 0 aromatic carbocycles. The number of amides is 1. The highest BCUT2D eigenvalue weighted by Crippen LogP contribution is 2.37. The minimum atomic E-state index is -2.62. The molecule has 1 N–H and O–H groups in total. The molecule has 1 fully saturated rings. The third-order valence-electron chi connectivity index (χ3n) is 4.86. The molecule has 232 valence electrons. The lowest BCUT2D eigenvalue weighted by Gasteiger charge is -2.46. The number of hydrogen-bond acceptors (Lipinski definition) is 15. The van der Waals surface area contributed by atoms with Gasteiger partial charge in [0.15, 0.2) is 12.2 Å². The van der Waals surface area contributed by atoms with E-state index in [9.17, 15) is 28.8 Å². The monoisotopic (exact) mass is 630 g/mol. The number of alkyl halides is 2. The molecule has 1 aliphatic heterocycles. The second-order valence-corrected chi connectivity index (χ2v) is 8.90. The Kier molecular flexibility index (Phi) is 15.2. The van der Waals surface area contributed by atoms with Gasteiger partial charge in [-0.25, -0.2) is 14.6 Å². The molecule has 0 bridgehead atoms. The summed E-state index contributed by atoms with van der Waals surface area (Å²) >= 11 is 11.3. The molecule has 1 rings (SSSR count). The van der Waals surface area contributed by atoms with Crippen LogP contribution in [0, 0.1) is 0 Å². The van der Waals surface area contributed by atoms with Gasteiger partial charge in [-0.3, -0.25) is 19.2 Å². The number of halogens is 2. The molecule has 0 unspecified atom stereocenters. The first-order valence-corrected chi connectivity index (χ1v) is 13.1. The van der Waals surface area contributed by atoms with Gasteiger partial charge in [-0.05, 0) is 0 Å². The van der Waals surface area contributed by atoms with Crippen molar-refractivity contribution < 1.29 is 66.7 Å². The number of esters is 5. The lowest BCUT2D eigenvalue weighted by molar-refractivity contribution is -0.310. The minimum absolute atomic E-state index is 0.00268. The minimum Gasteiger partial charge on any atom is -0.464 e. The molecular formula is C23H32Cl2N2O14. The fourth-order valence-corrected chi connectivity index (χ4v) is 3.68. The van der Waals surface area contributed by atoms with E-state index in [1.54, 1.807) is 0 Å². The highest BCUT2D eigenvalue weighted by atomic mass is 35.5. The van der Waals surface area contributed by atoms with E-state index in [1.165, 1.54) is 0 Å². The standard InChI is InChI=1S/C23H32Cl2N2O14/c1-12(28)35-11-17(37-14(3)30)19-18(38-15(4)31)16(36-13(2)29)10-23(40-19,20(32)34-5)41-22(27-9-7-25)39-21(33)26-8-6-24/h16-19H,6-11H2,1-5H3,(H,26,33)/t16-,17-,18-,19-,23+/m1/s1. The van der Waals surface area contributed by atoms with Gasteiger partial charge < -0.3 is 43.2 Å².